The second-order valence-electron chi connectivity index (χ2n) is 4.17. The first-order chi connectivity index (χ1) is 8.93. The van der Waals surface area contributed by atoms with Crippen LogP contribution in [0.15, 0.2) is 30.3 Å². The van der Waals surface area contributed by atoms with Gasteiger partial charge in [0.05, 0.1) is 6.10 Å². The average molecular weight is 267 g/mol. The van der Waals surface area contributed by atoms with Crippen LogP contribution in [0, 0.1) is 0 Å². The minimum Gasteiger partial charge on any atom is -0.480 e. The molecule has 0 aromatic heterocycles. The second kappa shape index (κ2) is 6.75. The Morgan fingerprint density at radius 1 is 1.32 bits per heavy atom. The van der Waals surface area contributed by atoms with E-state index >= 15 is 0 Å². The van der Waals surface area contributed by atoms with Crippen LogP contribution in [0.3, 0.4) is 0 Å². The number of rotatable bonds is 5. The van der Waals surface area contributed by atoms with Gasteiger partial charge in [-0.2, -0.15) is 0 Å². The molecule has 1 aromatic rings. The van der Waals surface area contributed by atoms with Gasteiger partial charge in [-0.25, -0.2) is 9.59 Å². The fraction of sp³-hybridized carbons (Fsp3) is 0.385. The van der Waals surface area contributed by atoms with Crippen molar-refractivity contribution in [2.24, 2.45) is 0 Å². The van der Waals surface area contributed by atoms with E-state index in [1.165, 1.54) is 14.0 Å². The van der Waals surface area contributed by atoms with Crippen LogP contribution in [-0.4, -0.2) is 46.4 Å². The summed E-state index contributed by atoms with van der Waals surface area (Å²) in [6, 6.07) is 7.70. The lowest BCUT2D eigenvalue weighted by Gasteiger charge is -2.26. The second-order valence-corrected chi connectivity index (χ2v) is 4.17. The summed E-state index contributed by atoms with van der Waals surface area (Å²) in [5.41, 5.74) is 0.799. The number of aliphatic hydroxyl groups excluding tert-OH is 1. The van der Waals surface area contributed by atoms with Crippen LogP contribution in [0.2, 0.25) is 0 Å². The molecular weight excluding hydrogens is 250 g/mol. The summed E-state index contributed by atoms with van der Waals surface area (Å²) in [5, 5.41) is 18.3. The van der Waals surface area contributed by atoms with Gasteiger partial charge in [-0.3, -0.25) is 4.90 Å². The topological polar surface area (TPSA) is 87.1 Å². The van der Waals surface area contributed by atoms with Crippen LogP contribution >= 0.6 is 0 Å². The first-order valence-corrected chi connectivity index (χ1v) is 5.78. The molecule has 0 spiro atoms. The maximum absolute atomic E-state index is 11.7. The Morgan fingerprint density at radius 2 is 1.89 bits per heavy atom. The lowest BCUT2D eigenvalue weighted by Crippen LogP contribution is -2.48. The number of amides is 1. The van der Waals surface area contributed by atoms with Crippen LogP contribution in [0.1, 0.15) is 12.5 Å². The minimum atomic E-state index is -1.33. The summed E-state index contributed by atoms with van der Waals surface area (Å²) in [6.45, 7) is 1.36. The molecule has 0 bridgehead atoms. The van der Waals surface area contributed by atoms with Gasteiger partial charge in [0.15, 0.2) is 6.04 Å². The zero-order valence-corrected chi connectivity index (χ0v) is 10.8. The number of carboxylic acid groups (broad SMARTS) is 1. The number of aliphatic carboxylic acids is 1. The number of benzene rings is 1. The van der Waals surface area contributed by atoms with Crippen LogP contribution in [0.5, 0.6) is 0 Å². The Hall–Kier alpha value is -2.08. The molecule has 19 heavy (non-hydrogen) atoms. The van der Waals surface area contributed by atoms with E-state index in [9.17, 15) is 14.7 Å². The van der Waals surface area contributed by atoms with Crippen LogP contribution in [-0.2, 0) is 16.1 Å². The van der Waals surface area contributed by atoms with Crippen LogP contribution < -0.4 is 0 Å². The fourth-order valence-electron chi connectivity index (χ4n) is 1.63. The third-order valence-corrected chi connectivity index (χ3v) is 2.62. The molecule has 2 N–H and O–H groups in total. The predicted octanol–water partition coefficient (Wildman–Crippen LogP) is 1.09. The molecule has 0 heterocycles. The van der Waals surface area contributed by atoms with E-state index in [2.05, 4.69) is 0 Å². The summed E-state index contributed by atoms with van der Waals surface area (Å²) in [4.78, 5) is 23.5. The standard InChI is InChI=1S/C13H17NO5/c1-9(15)11(12(16)17)14(2)13(18)19-8-10-6-4-3-5-7-10/h3-7,9,11,15H,8H2,1-2H3,(H,16,17)/t9-,11+/m0/s1. The Balaban J connectivity index is 2.59. The SMILES string of the molecule is C[C@H](O)[C@H](C(=O)O)N(C)C(=O)OCc1ccccc1. The molecule has 2 atom stereocenters. The molecule has 6 heteroatoms. The quantitative estimate of drug-likeness (QED) is 0.833. The van der Waals surface area contributed by atoms with Gasteiger partial charge >= 0.3 is 12.1 Å². The van der Waals surface area contributed by atoms with Crippen molar-refractivity contribution < 1.29 is 24.5 Å². The van der Waals surface area contributed by atoms with E-state index in [0.717, 1.165) is 10.5 Å². The van der Waals surface area contributed by atoms with Crippen molar-refractivity contribution in [1.82, 2.24) is 4.90 Å². The molecule has 0 aliphatic rings. The number of nitrogens with zero attached hydrogens (tertiary/aromatic N) is 1. The zero-order valence-electron chi connectivity index (χ0n) is 10.8. The van der Waals surface area contributed by atoms with E-state index in [0.29, 0.717) is 0 Å². The third-order valence-electron chi connectivity index (χ3n) is 2.62. The van der Waals surface area contributed by atoms with Crippen molar-refractivity contribution in [2.45, 2.75) is 25.7 Å². The normalized spacial score (nSPS) is 13.4. The van der Waals surface area contributed by atoms with E-state index in [1.54, 1.807) is 12.1 Å². The molecule has 0 saturated heterocycles. The molecule has 104 valence electrons. The highest BCUT2D eigenvalue weighted by molar-refractivity contribution is 5.80. The first-order valence-electron chi connectivity index (χ1n) is 5.78. The molecule has 1 aromatic carbocycles. The van der Waals surface area contributed by atoms with E-state index < -0.39 is 24.2 Å². The van der Waals surface area contributed by atoms with Gasteiger partial charge in [-0.1, -0.05) is 30.3 Å². The predicted molar refractivity (Wildman–Crippen MR) is 67.5 cm³/mol. The first kappa shape index (κ1) is 15.0. The molecular formula is C13H17NO5. The monoisotopic (exact) mass is 267 g/mol. The molecule has 0 unspecified atom stereocenters. The number of carboxylic acids is 1. The number of carbonyl (C=O) groups is 2. The zero-order chi connectivity index (χ0) is 14.4. The van der Waals surface area contributed by atoms with Gasteiger partial charge in [0.25, 0.3) is 0 Å². The van der Waals surface area contributed by atoms with Crippen molar-refractivity contribution in [1.29, 1.82) is 0 Å². The van der Waals surface area contributed by atoms with E-state index in [-0.39, 0.29) is 6.61 Å². The van der Waals surface area contributed by atoms with E-state index in [1.807, 2.05) is 18.2 Å². The maximum atomic E-state index is 11.7. The Morgan fingerprint density at radius 3 is 2.37 bits per heavy atom. The number of aliphatic hydroxyl groups is 1. The highest BCUT2D eigenvalue weighted by atomic mass is 16.6. The van der Waals surface area contributed by atoms with Crippen LogP contribution in [0.4, 0.5) is 4.79 Å². The van der Waals surface area contributed by atoms with Gasteiger partial charge in [0.1, 0.15) is 6.61 Å². The van der Waals surface area contributed by atoms with Crippen molar-refractivity contribution in [3.05, 3.63) is 35.9 Å². The number of ether oxygens (including phenoxy) is 1. The summed E-state index contributed by atoms with van der Waals surface area (Å²) in [6.07, 6.45) is -1.98. The molecule has 1 amide bonds. The molecule has 6 nitrogen and oxygen atoms in total. The van der Waals surface area contributed by atoms with Crippen molar-refractivity contribution in [3.8, 4) is 0 Å². The summed E-state index contributed by atoms with van der Waals surface area (Å²) in [7, 11) is 1.28. The number of hydrogen-bond donors (Lipinski definition) is 2. The summed E-state index contributed by atoms with van der Waals surface area (Å²) in [5.74, 6) is -1.28. The van der Waals surface area contributed by atoms with Gasteiger partial charge < -0.3 is 14.9 Å². The molecule has 1 rings (SSSR count). The molecule has 0 fully saturated rings. The largest absolute Gasteiger partial charge is 0.480 e. The van der Waals surface area contributed by atoms with Gasteiger partial charge in [-0.15, -0.1) is 0 Å². The van der Waals surface area contributed by atoms with Gasteiger partial charge in [0.2, 0.25) is 0 Å². The maximum Gasteiger partial charge on any atom is 0.410 e. The molecule has 0 radical (unpaired) electrons. The van der Waals surface area contributed by atoms with Crippen molar-refractivity contribution >= 4 is 12.1 Å². The summed E-state index contributed by atoms with van der Waals surface area (Å²) < 4.78 is 4.98. The van der Waals surface area contributed by atoms with Crippen molar-refractivity contribution in [3.63, 3.8) is 0 Å². The Labute approximate surface area is 111 Å². The number of carbonyl (C=O) groups excluding carboxylic acids is 1. The van der Waals surface area contributed by atoms with Gasteiger partial charge in [-0.05, 0) is 12.5 Å². The van der Waals surface area contributed by atoms with Crippen LogP contribution in [0.25, 0.3) is 0 Å². The van der Waals surface area contributed by atoms with E-state index in [4.69, 9.17) is 9.84 Å². The lowest BCUT2D eigenvalue weighted by molar-refractivity contribution is -0.146. The fourth-order valence-corrected chi connectivity index (χ4v) is 1.63. The molecule has 0 saturated carbocycles. The minimum absolute atomic E-state index is 0.0517. The highest BCUT2D eigenvalue weighted by Gasteiger charge is 2.31. The molecule has 0 aliphatic carbocycles. The van der Waals surface area contributed by atoms with Crippen molar-refractivity contribution in [2.75, 3.05) is 7.05 Å². The Bertz CT molecular complexity index is 432. The average Bonchev–Trinajstić information content (AvgIpc) is 2.36. The lowest BCUT2D eigenvalue weighted by atomic mass is 10.1. The Kier molecular flexibility index (Phi) is 5.32. The third kappa shape index (κ3) is 4.26. The van der Waals surface area contributed by atoms with Gasteiger partial charge in [0, 0.05) is 7.05 Å². The summed E-state index contributed by atoms with van der Waals surface area (Å²) >= 11 is 0. The smallest absolute Gasteiger partial charge is 0.410 e. The number of likely N-dealkylation sites (N-methyl/N-ethyl adjacent to an activating group) is 1. The number of hydrogen-bond acceptors (Lipinski definition) is 4. The highest BCUT2D eigenvalue weighted by Crippen LogP contribution is 2.07. The molecule has 0 aliphatic heterocycles.